The molecular weight excluding hydrogens is 302 g/mol. The second-order valence-electron chi connectivity index (χ2n) is 7.66. The van der Waals surface area contributed by atoms with E-state index >= 15 is 0 Å². The van der Waals surface area contributed by atoms with E-state index in [1.807, 2.05) is 0 Å². The minimum Gasteiger partial charge on any atom is -0.479 e. The highest BCUT2D eigenvalue weighted by atomic mass is 16.6. The Morgan fingerprint density at radius 1 is 1.09 bits per heavy atom. The average Bonchev–Trinajstić information content (AvgIpc) is 2.63. The minimum atomic E-state index is -2.15. The number of likely N-dealkylation sites (tertiary alicyclic amines) is 1. The van der Waals surface area contributed by atoms with Gasteiger partial charge in [-0.1, -0.05) is 12.2 Å². The molecule has 1 saturated heterocycles. The van der Waals surface area contributed by atoms with Gasteiger partial charge in [0.2, 0.25) is 5.54 Å². The van der Waals surface area contributed by atoms with Gasteiger partial charge in [-0.15, -0.1) is 0 Å². The van der Waals surface area contributed by atoms with E-state index in [0.29, 0.717) is 5.57 Å². The number of nitrogens with zero attached hydrogens (tertiary/aromatic N) is 1. The second kappa shape index (κ2) is 5.86. The Bertz CT molecular complexity index is 540. The fourth-order valence-corrected chi connectivity index (χ4v) is 2.23. The maximum atomic E-state index is 12.6. The van der Waals surface area contributed by atoms with Crippen LogP contribution in [0, 0.1) is 0 Å². The van der Waals surface area contributed by atoms with Crippen molar-refractivity contribution in [3.05, 3.63) is 12.2 Å². The van der Waals surface area contributed by atoms with Crippen LogP contribution in [0.3, 0.4) is 0 Å². The summed E-state index contributed by atoms with van der Waals surface area (Å²) in [6.07, 6.45) is -1.08. The van der Waals surface area contributed by atoms with Gasteiger partial charge in [-0.2, -0.15) is 0 Å². The zero-order chi connectivity index (χ0) is 18.2. The van der Waals surface area contributed by atoms with Crippen molar-refractivity contribution in [3.8, 4) is 0 Å². The summed E-state index contributed by atoms with van der Waals surface area (Å²) >= 11 is 0. The van der Waals surface area contributed by atoms with Gasteiger partial charge in [0, 0.05) is 13.0 Å². The summed E-state index contributed by atoms with van der Waals surface area (Å²) < 4.78 is 10.5. The molecule has 0 radical (unpaired) electrons. The summed E-state index contributed by atoms with van der Waals surface area (Å²) in [6.45, 7) is 13.5. The Kier molecular flexibility index (Phi) is 4.84. The molecule has 1 N–H and O–H groups in total. The molecule has 7 nitrogen and oxygen atoms in total. The molecule has 0 aliphatic carbocycles. The Hall–Kier alpha value is -2.05. The van der Waals surface area contributed by atoms with Crippen LogP contribution in [0.5, 0.6) is 0 Å². The number of rotatable bonds is 2. The number of carbonyl (C=O) groups is 3. The van der Waals surface area contributed by atoms with Gasteiger partial charge in [-0.3, -0.25) is 4.90 Å². The first-order valence-electron chi connectivity index (χ1n) is 7.33. The summed E-state index contributed by atoms with van der Waals surface area (Å²) in [5, 5.41) is 9.68. The third-order valence-electron chi connectivity index (χ3n) is 3.05. The Morgan fingerprint density at radius 3 is 1.96 bits per heavy atom. The van der Waals surface area contributed by atoms with Gasteiger partial charge >= 0.3 is 18.0 Å². The number of hydrogen-bond donors (Lipinski definition) is 1. The number of carboxylic acids is 1. The number of ether oxygens (including phenoxy) is 2. The van der Waals surface area contributed by atoms with E-state index in [9.17, 15) is 19.5 Å². The number of carbonyl (C=O) groups excluding carboxylic acids is 2. The first-order chi connectivity index (χ1) is 10.2. The molecule has 0 spiro atoms. The highest BCUT2D eigenvalue weighted by molar-refractivity contribution is 6.07. The van der Waals surface area contributed by atoms with Crippen LogP contribution >= 0.6 is 0 Å². The van der Waals surface area contributed by atoms with Gasteiger partial charge in [0.15, 0.2) is 0 Å². The van der Waals surface area contributed by atoms with Crippen LogP contribution in [0.4, 0.5) is 4.79 Å². The van der Waals surface area contributed by atoms with Crippen molar-refractivity contribution in [1.29, 1.82) is 0 Å². The minimum absolute atomic E-state index is 0.0690. The van der Waals surface area contributed by atoms with E-state index in [1.54, 1.807) is 41.5 Å². The summed E-state index contributed by atoms with van der Waals surface area (Å²) in [7, 11) is 0. The summed E-state index contributed by atoms with van der Waals surface area (Å²) in [5.74, 6) is -2.46. The molecule has 1 heterocycles. The number of aliphatic carboxylic acids is 1. The summed E-state index contributed by atoms with van der Waals surface area (Å²) in [5.41, 5.74) is -3.40. The molecule has 0 aromatic carbocycles. The number of hydrogen-bond acceptors (Lipinski definition) is 5. The lowest BCUT2D eigenvalue weighted by Gasteiger charge is -2.35. The number of carboxylic acid groups (broad SMARTS) is 1. The number of amides is 1. The highest BCUT2D eigenvalue weighted by Crippen LogP contribution is 2.36. The molecule has 0 saturated carbocycles. The predicted octanol–water partition coefficient (Wildman–Crippen LogP) is 2.35. The molecule has 1 atom stereocenters. The third kappa shape index (κ3) is 4.24. The van der Waals surface area contributed by atoms with E-state index in [0.717, 1.165) is 4.90 Å². The van der Waals surface area contributed by atoms with Crippen molar-refractivity contribution in [2.24, 2.45) is 0 Å². The van der Waals surface area contributed by atoms with Gasteiger partial charge in [-0.25, -0.2) is 14.4 Å². The summed E-state index contributed by atoms with van der Waals surface area (Å²) in [6, 6.07) is 0. The molecule has 1 aliphatic heterocycles. The molecule has 1 amide bonds. The van der Waals surface area contributed by atoms with E-state index < -0.39 is 34.8 Å². The Labute approximate surface area is 136 Å². The van der Waals surface area contributed by atoms with E-state index in [4.69, 9.17) is 9.47 Å². The largest absolute Gasteiger partial charge is 0.479 e. The second-order valence-corrected chi connectivity index (χ2v) is 7.66. The lowest BCUT2D eigenvalue weighted by Crippen LogP contribution is -2.60. The van der Waals surface area contributed by atoms with Crippen LogP contribution in [0.25, 0.3) is 0 Å². The third-order valence-corrected chi connectivity index (χ3v) is 3.05. The fourth-order valence-electron chi connectivity index (χ4n) is 2.23. The van der Waals surface area contributed by atoms with Crippen LogP contribution < -0.4 is 0 Å². The van der Waals surface area contributed by atoms with Gasteiger partial charge in [0.05, 0.1) is 0 Å². The van der Waals surface area contributed by atoms with Crippen LogP contribution in [0.2, 0.25) is 0 Å². The smallest absolute Gasteiger partial charge is 0.412 e. The maximum absolute atomic E-state index is 12.6. The first kappa shape index (κ1) is 19.0. The van der Waals surface area contributed by atoms with Crippen molar-refractivity contribution in [1.82, 2.24) is 4.90 Å². The lowest BCUT2D eigenvalue weighted by molar-refractivity contribution is -0.176. The molecule has 1 rings (SSSR count). The Morgan fingerprint density at radius 2 is 1.57 bits per heavy atom. The van der Waals surface area contributed by atoms with Gasteiger partial charge < -0.3 is 14.6 Å². The first-order valence-corrected chi connectivity index (χ1v) is 7.33. The summed E-state index contributed by atoms with van der Waals surface area (Å²) in [4.78, 5) is 37.7. The molecule has 1 fully saturated rings. The highest BCUT2D eigenvalue weighted by Gasteiger charge is 2.60. The van der Waals surface area contributed by atoms with E-state index in [2.05, 4.69) is 6.58 Å². The molecule has 1 unspecified atom stereocenters. The molecule has 23 heavy (non-hydrogen) atoms. The molecule has 0 aromatic heterocycles. The zero-order valence-electron chi connectivity index (χ0n) is 14.6. The van der Waals surface area contributed by atoms with Gasteiger partial charge in [0.25, 0.3) is 0 Å². The zero-order valence-corrected chi connectivity index (χ0v) is 14.6. The molecule has 0 aromatic rings. The van der Waals surface area contributed by atoms with Crippen LogP contribution in [0.15, 0.2) is 12.2 Å². The maximum Gasteiger partial charge on any atom is 0.412 e. The van der Waals surface area contributed by atoms with E-state index in [-0.39, 0.29) is 13.0 Å². The molecule has 7 heteroatoms. The fraction of sp³-hybridized carbons (Fsp3) is 0.688. The lowest BCUT2D eigenvalue weighted by atomic mass is 9.94. The SMILES string of the molecule is C=C1CN(C(=O)OC(C)(C)C)C(C(=O)O)(C(=O)OC(C)(C)C)C1. The molecule has 130 valence electrons. The van der Waals surface area contributed by atoms with Crippen LogP contribution in [-0.2, 0) is 19.1 Å². The van der Waals surface area contributed by atoms with Gasteiger partial charge in [0.1, 0.15) is 11.2 Å². The van der Waals surface area contributed by atoms with Crippen molar-refractivity contribution in [2.75, 3.05) is 6.54 Å². The van der Waals surface area contributed by atoms with Gasteiger partial charge in [-0.05, 0) is 41.5 Å². The molecule has 0 bridgehead atoms. The van der Waals surface area contributed by atoms with E-state index in [1.165, 1.54) is 0 Å². The quantitative estimate of drug-likeness (QED) is 0.475. The topological polar surface area (TPSA) is 93.1 Å². The monoisotopic (exact) mass is 327 g/mol. The Balaban J connectivity index is 3.26. The standard InChI is InChI=1S/C16H25NO6/c1-10-8-16(11(18)19,12(20)22-14(2,3)4)17(9-10)13(21)23-15(5,6)7/h1,8-9H2,2-7H3,(H,18,19). The van der Waals surface area contributed by atoms with Crippen molar-refractivity contribution < 1.29 is 29.0 Å². The molecular formula is C16H25NO6. The normalized spacial score (nSPS) is 22.0. The number of esters is 1. The van der Waals surface area contributed by atoms with Crippen molar-refractivity contribution in [2.45, 2.75) is 64.7 Å². The predicted molar refractivity (Wildman–Crippen MR) is 82.9 cm³/mol. The van der Waals surface area contributed by atoms with Crippen molar-refractivity contribution >= 4 is 18.0 Å². The van der Waals surface area contributed by atoms with Crippen molar-refractivity contribution in [3.63, 3.8) is 0 Å². The van der Waals surface area contributed by atoms with Crippen LogP contribution in [0.1, 0.15) is 48.0 Å². The van der Waals surface area contributed by atoms with Crippen LogP contribution in [-0.4, -0.2) is 51.3 Å². The average molecular weight is 327 g/mol. The molecule has 1 aliphatic rings.